The maximum atomic E-state index is 11.1. The van der Waals surface area contributed by atoms with Crippen molar-refractivity contribution in [3.8, 4) is 0 Å². The van der Waals surface area contributed by atoms with Gasteiger partial charge in [-0.1, -0.05) is 31.5 Å². The van der Waals surface area contributed by atoms with Crippen LogP contribution in [0.2, 0.25) is 5.02 Å². The summed E-state index contributed by atoms with van der Waals surface area (Å²) >= 11 is 7.86. The number of nitro groups is 1. The molecule has 6 heteroatoms. The molecule has 1 saturated heterocycles. The first-order valence-corrected chi connectivity index (χ1v) is 7.14. The van der Waals surface area contributed by atoms with E-state index < -0.39 is 4.92 Å². The summed E-state index contributed by atoms with van der Waals surface area (Å²) < 4.78 is 0. The summed E-state index contributed by atoms with van der Waals surface area (Å²) in [6.45, 7) is 5.92. The summed E-state index contributed by atoms with van der Waals surface area (Å²) in [6, 6.07) is 5.11. The molecule has 0 N–H and O–H groups in total. The van der Waals surface area contributed by atoms with Crippen LogP contribution in [0.3, 0.4) is 0 Å². The van der Waals surface area contributed by atoms with Crippen molar-refractivity contribution in [3.63, 3.8) is 0 Å². The van der Waals surface area contributed by atoms with E-state index in [1.54, 1.807) is 18.2 Å². The highest BCUT2D eigenvalue weighted by Gasteiger charge is 2.28. The Morgan fingerprint density at radius 3 is 2.56 bits per heavy atom. The van der Waals surface area contributed by atoms with Gasteiger partial charge in [0.1, 0.15) is 10.7 Å². The Hall–Kier alpha value is -0.940. The lowest BCUT2D eigenvalue weighted by Crippen LogP contribution is -2.40. The number of nitrogens with zero attached hydrogens (tertiary/aromatic N) is 2. The molecule has 98 valence electrons. The Labute approximate surface area is 115 Å². The minimum atomic E-state index is -0.394. The van der Waals surface area contributed by atoms with Gasteiger partial charge in [-0.25, -0.2) is 0 Å². The molecule has 0 spiro atoms. The number of nitro benzene ring substituents is 1. The van der Waals surface area contributed by atoms with Gasteiger partial charge in [0.05, 0.1) is 4.92 Å². The fraction of sp³-hybridized carbons (Fsp3) is 0.500. The topological polar surface area (TPSA) is 46.4 Å². The molecule has 1 aliphatic rings. The largest absolute Gasteiger partial charge is 0.364 e. The van der Waals surface area contributed by atoms with E-state index in [0.717, 1.165) is 13.1 Å². The average molecular weight is 287 g/mol. The summed E-state index contributed by atoms with van der Waals surface area (Å²) in [5, 5.41) is 12.3. The van der Waals surface area contributed by atoms with Crippen molar-refractivity contribution >= 4 is 34.7 Å². The molecule has 2 unspecified atom stereocenters. The molecule has 1 heterocycles. The Kier molecular flexibility index (Phi) is 4.02. The van der Waals surface area contributed by atoms with Crippen molar-refractivity contribution in [2.24, 2.45) is 0 Å². The highest BCUT2D eigenvalue weighted by molar-refractivity contribution is 8.00. The van der Waals surface area contributed by atoms with Gasteiger partial charge in [0.25, 0.3) is 0 Å². The number of hydrogen-bond acceptors (Lipinski definition) is 4. The first kappa shape index (κ1) is 13.5. The number of rotatable bonds is 2. The normalized spacial score (nSPS) is 24.1. The van der Waals surface area contributed by atoms with Gasteiger partial charge < -0.3 is 4.90 Å². The number of halogens is 1. The van der Waals surface area contributed by atoms with Crippen LogP contribution >= 0.6 is 23.4 Å². The SMILES string of the molecule is CC1CN(c2cccc(Cl)c2[N+](=O)[O-])CC(C)S1. The zero-order valence-corrected chi connectivity index (χ0v) is 11.9. The maximum absolute atomic E-state index is 11.1. The van der Waals surface area contributed by atoms with Gasteiger partial charge >= 0.3 is 5.69 Å². The predicted octanol–water partition coefficient (Wildman–Crippen LogP) is 3.58. The zero-order valence-electron chi connectivity index (χ0n) is 10.3. The van der Waals surface area contributed by atoms with E-state index >= 15 is 0 Å². The van der Waals surface area contributed by atoms with Crippen molar-refractivity contribution in [3.05, 3.63) is 33.3 Å². The van der Waals surface area contributed by atoms with E-state index in [2.05, 4.69) is 18.7 Å². The lowest BCUT2D eigenvalue weighted by atomic mass is 10.2. The molecule has 2 atom stereocenters. The zero-order chi connectivity index (χ0) is 13.3. The standard InChI is InChI=1S/C12H15ClN2O2S/c1-8-6-14(7-9(2)18-8)11-5-3-4-10(13)12(11)15(16)17/h3-5,8-9H,6-7H2,1-2H3. The van der Waals surface area contributed by atoms with Crippen molar-refractivity contribution in [1.82, 2.24) is 0 Å². The van der Waals surface area contributed by atoms with Gasteiger partial charge in [-0.3, -0.25) is 10.1 Å². The second kappa shape index (κ2) is 5.36. The maximum Gasteiger partial charge on any atom is 0.310 e. The molecule has 0 saturated carbocycles. The predicted molar refractivity (Wildman–Crippen MR) is 76.8 cm³/mol. The van der Waals surface area contributed by atoms with E-state index in [1.165, 1.54) is 0 Å². The summed E-state index contributed by atoms with van der Waals surface area (Å²) in [4.78, 5) is 12.8. The van der Waals surface area contributed by atoms with E-state index in [1.807, 2.05) is 11.8 Å². The average Bonchev–Trinajstić information content (AvgIpc) is 2.26. The number of anilines is 1. The third-order valence-corrected chi connectivity index (χ3v) is 4.44. The van der Waals surface area contributed by atoms with Crippen molar-refractivity contribution in [2.75, 3.05) is 18.0 Å². The van der Waals surface area contributed by atoms with E-state index in [0.29, 0.717) is 16.2 Å². The molecule has 0 bridgehead atoms. The molecule has 18 heavy (non-hydrogen) atoms. The summed E-state index contributed by atoms with van der Waals surface area (Å²) in [6.07, 6.45) is 0. The molecular weight excluding hydrogens is 272 g/mol. The molecule has 1 aromatic rings. The van der Waals surface area contributed by atoms with Crippen LogP contribution in [0, 0.1) is 10.1 Å². The van der Waals surface area contributed by atoms with Gasteiger partial charge in [-0.05, 0) is 12.1 Å². The second-order valence-corrected chi connectivity index (χ2v) is 6.82. The number of thioether (sulfide) groups is 1. The van der Waals surface area contributed by atoms with Crippen LogP contribution in [0.4, 0.5) is 11.4 Å². The Bertz CT molecular complexity index is 459. The smallest absolute Gasteiger partial charge is 0.310 e. The fourth-order valence-corrected chi connectivity index (χ4v) is 3.88. The first-order chi connectivity index (χ1) is 8.49. The molecule has 0 aliphatic carbocycles. The van der Waals surface area contributed by atoms with Crippen LogP contribution in [0.1, 0.15) is 13.8 Å². The fourth-order valence-electron chi connectivity index (χ4n) is 2.31. The van der Waals surface area contributed by atoms with Crippen LogP contribution in [-0.2, 0) is 0 Å². The quantitative estimate of drug-likeness (QED) is 0.616. The van der Waals surface area contributed by atoms with Gasteiger partial charge in [-0.15, -0.1) is 0 Å². The molecule has 4 nitrogen and oxygen atoms in total. The van der Waals surface area contributed by atoms with E-state index in [9.17, 15) is 10.1 Å². The van der Waals surface area contributed by atoms with Crippen LogP contribution in [0.15, 0.2) is 18.2 Å². The molecule has 0 aromatic heterocycles. The van der Waals surface area contributed by atoms with Crippen LogP contribution in [-0.4, -0.2) is 28.5 Å². The van der Waals surface area contributed by atoms with Gasteiger partial charge in [0.2, 0.25) is 0 Å². The molecular formula is C12H15ClN2O2S. The summed E-state index contributed by atoms with van der Waals surface area (Å²) in [5.41, 5.74) is 0.650. The van der Waals surface area contributed by atoms with E-state index in [4.69, 9.17) is 11.6 Å². The highest BCUT2D eigenvalue weighted by Crippen LogP contribution is 2.38. The first-order valence-electron chi connectivity index (χ1n) is 5.82. The molecule has 1 aliphatic heterocycles. The Balaban J connectivity index is 2.38. The van der Waals surface area contributed by atoms with Crippen molar-refractivity contribution in [1.29, 1.82) is 0 Å². The molecule has 2 rings (SSSR count). The lowest BCUT2D eigenvalue weighted by Gasteiger charge is -2.35. The van der Waals surface area contributed by atoms with Gasteiger partial charge in [0, 0.05) is 23.6 Å². The number of hydrogen-bond donors (Lipinski definition) is 0. The van der Waals surface area contributed by atoms with Crippen molar-refractivity contribution < 1.29 is 4.92 Å². The second-order valence-electron chi connectivity index (χ2n) is 4.53. The molecule has 0 amide bonds. The third-order valence-electron chi connectivity index (χ3n) is 2.91. The minimum absolute atomic E-state index is 0.0190. The molecule has 1 fully saturated rings. The number of benzene rings is 1. The lowest BCUT2D eigenvalue weighted by molar-refractivity contribution is -0.384. The van der Waals surface area contributed by atoms with Gasteiger partial charge in [-0.2, -0.15) is 11.8 Å². The Morgan fingerprint density at radius 1 is 1.39 bits per heavy atom. The van der Waals surface area contributed by atoms with Gasteiger partial charge in [0.15, 0.2) is 0 Å². The highest BCUT2D eigenvalue weighted by atomic mass is 35.5. The van der Waals surface area contributed by atoms with Crippen molar-refractivity contribution in [2.45, 2.75) is 24.3 Å². The number of para-hydroxylation sites is 1. The Morgan fingerprint density at radius 2 is 2.00 bits per heavy atom. The minimum Gasteiger partial charge on any atom is -0.364 e. The van der Waals surface area contributed by atoms with E-state index in [-0.39, 0.29) is 10.7 Å². The third kappa shape index (κ3) is 2.72. The monoisotopic (exact) mass is 286 g/mol. The summed E-state index contributed by atoms with van der Waals surface area (Å²) in [5.74, 6) is 0. The van der Waals surface area contributed by atoms with Crippen LogP contribution < -0.4 is 4.90 Å². The van der Waals surface area contributed by atoms with Crippen LogP contribution in [0.5, 0.6) is 0 Å². The van der Waals surface area contributed by atoms with Crippen LogP contribution in [0.25, 0.3) is 0 Å². The summed E-state index contributed by atoms with van der Waals surface area (Å²) in [7, 11) is 0. The molecule has 1 aromatic carbocycles. The molecule has 0 radical (unpaired) electrons.